The number of anilines is 1. The number of benzene rings is 1. The maximum Gasteiger partial charge on any atom is 0.247 e. The molecule has 1 saturated heterocycles. The van der Waals surface area contributed by atoms with Crippen LogP contribution in [0.5, 0.6) is 0 Å². The first-order valence-corrected chi connectivity index (χ1v) is 8.34. The van der Waals surface area contributed by atoms with Gasteiger partial charge in [0.25, 0.3) is 0 Å². The number of likely N-dealkylation sites (N-methyl/N-ethyl adjacent to an activating group) is 1. The molecule has 128 valence electrons. The number of amides is 1. The van der Waals surface area contributed by atoms with Crippen LogP contribution in [0.1, 0.15) is 18.4 Å². The third-order valence-corrected chi connectivity index (χ3v) is 4.64. The second kappa shape index (κ2) is 7.05. The van der Waals surface area contributed by atoms with Gasteiger partial charge in [-0.05, 0) is 25.0 Å². The molecule has 0 aliphatic carbocycles. The van der Waals surface area contributed by atoms with Crippen molar-refractivity contribution in [3.05, 3.63) is 48.3 Å². The first kappa shape index (κ1) is 16.5. The maximum atomic E-state index is 12.9. The van der Waals surface area contributed by atoms with E-state index >= 15 is 0 Å². The van der Waals surface area contributed by atoms with E-state index in [-0.39, 0.29) is 5.91 Å². The molecule has 24 heavy (non-hydrogen) atoms. The molecular formula is C18H25N5O. The Morgan fingerprint density at radius 1 is 1.29 bits per heavy atom. The molecule has 1 aromatic heterocycles. The Labute approximate surface area is 142 Å². The van der Waals surface area contributed by atoms with Gasteiger partial charge in [0, 0.05) is 51.2 Å². The number of para-hydroxylation sites is 1. The van der Waals surface area contributed by atoms with Crippen LogP contribution in [0.3, 0.4) is 0 Å². The molecule has 0 bridgehead atoms. The predicted octanol–water partition coefficient (Wildman–Crippen LogP) is 1.94. The number of carbonyl (C=O) groups is 1. The Bertz CT molecular complexity index is 645. The number of likely N-dealkylation sites (tertiary alicyclic amines) is 1. The van der Waals surface area contributed by atoms with Gasteiger partial charge in [-0.15, -0.1) is 0 Å². The lowest BCUT2D eigenvalue weighted by Gasteiger charge is -2.43. The molecule has 2 aromatic rings. The van der Waals surface area contributed by atoms with Gasteiger partial charge < -0.3 is 10.2 Å². The van der Waals surface area contributed by atoms with Crippen molar-refractivity contribution in [2.45, 2.75) is 24.9 Å². The maximum absolute atomic E-state index is 12.9. The van der Waals surface area contributed by atoms with Gasteiger partial charge in [0.05, 0.1) is 6.20 Å². The lowest BCUT2D eigenvalue weighted by molar-refractivity contribution is -0.135. The number of piperidine rings is 1. The molecule has 1 amide bonds. The van der Waals surface area contributed by atoms with Crippen LogP contribution >= 0.6 is 0 Å². The molecular weight excluding hydrogens is 302 g/mol. The van der Waals surface area contributed by atoms with Crippen molar-refractivity contribution in [2.24, 2.45) is 0 Å². The van der Waals surface area contributed by atoms with Crippen molar-refractivity contribution in [3.63, 3.8) is 0 Å². The zero-order chi connectivity index (χ0) is 17.0. The van der Waals surface area contributed by atoms with E-state index in [1.165, 1.54) is 5.56 Å². The van der Waals surface area contributed by atoms with E-state index in [4.69, 9.17) is 0 Å². The molecule has 0 radical (unpaired) electrons. The largest absolute Gasteiger partial charge is 0.371 e. The minimum atomic E-state index is -0.530. The van der Waals surface area contributed by atoms with Gasteiger partial charge in [-0.2, -0.15) is 5.10 Å². The second-order valence-corrected chi connectivity index (χ2v) is 6.66. The average Bonchev–Trinajstić information content (AvgIpc) is 3.10. The molecule has 1 aromatic carbocycles. The number of aromatic amines is 1. The number of rotatable bonds is 5. The molecule has 0 spiro atoms. The number of nitrogens with zero attached hydrogens (tertiary/aromatic N) is 3. The average molecular weight is 327 g/mol. The Balaban J connectivity index is 1.72. The summed E-state index contributed by atoms with van der Waals surface area (Å²) in [6, 6.07) is 10.00. The molecule has 0 saturated carbocycles. The standard InChI is InChI=1S/C18H25N5O/c1-22(2)17(24)18(21-16-6-4-3-5-7-16)8-10-23(11-9-18)14-15-12-19-20-13-15/h3-7,12-13,21H,8-11,14H2,1-2H3,(H,19,20). The summed E-state index contributed by atoms with van der Waals surface area (Å²) in [5, 5.41) is 10.4. The van der Waals surface area contributed by atoms with Crippen LogP contribution in [0.4, 0.5) is 5.69 Å². The van der Waals surface area contributed by atoms with Crippen molar-refractivity contribution < 1.29 is 4.79 Å². The molecule has 0 atom stereocenters. The van der Waals surface area contributed by atoms with Gasteiger partial charge in [-0.25, -0.2) is 0 Å². The highest BCUT2D eigenvalue weighted by molar-refractivity contribution is 5.89. The molecule has 2 heterocycles. The smallest absolute Gasteiger partial charge is 0.247 e. The van der Waals surface area contributed by atoms with Gasteiger partial charge in [-0.3, -0.25) is 14.8 Å². The fraction of sp³-hybridized carbons (Fsp3) is 0.444. The zero-order valence-electron chi connectivity index (χ0n) is 14.3. The van der Waals surface area contributed by atoms with Crippen LogP contribution in [-0.4, -0.2) is 58.6 Å². The predicted molar refractivity (Wildman–Crippen MR) is 94.6 cm³/mol. The van der Waals surface area contributed by atoms with Gasteiger partial charge in [-0.1, -0.05) is 18.2 Å². The number of nitrogens with one attached hydrogen (secondary N) is 2. The van der Waals surface area contributed by atoms with E-state index < -0.39 is 5.54 Å². The third kappa shape index (κ3) is 3.59. The molecule has 6 nitrogen and oxygen atoms in total. The number of hydrogen-bond donors (Lipinski definition) is 2. The van der Waals surface area contributed by atoms with Crippen molar-refractivity contribution in [3.8, 4) is 0 Å². The first-order valence-electron chi connectivity index (χ1n) is 8.34. The summed E-state index contributed by atoms with van der Waals surface area (Å²) in [6.07, 6.45) is 5.36. The summed E-state index contributed by atoms with van der Waals surface area (Å²) in [6.45, 7) is 2.63. The fourth-order valence-corrected chi connectivity index (χ4v) is 3.33. The normalized spacial score (nSPS) is 17.4. The molecule has 0 unspecified atom stereocenters. The number of H-pyrrole nitrogens is 1. The summed E-state index contributed by atoms with van der Waals surface area (Å²) in [4.78, 5) is 16.9. The van der Waals surface area contributed by atoms with E-state index in [9.17, 15) is 4.79 Å². The summed E-state index contributed by atoms with van der Waals surface area (Å²) in [7, 11) is 3.66. The second-order valence-electron chi connectivity index (χ2n) is 6.66. The number of aromatic nitrogens is 2. The van der Waals surface area contributed by atoms with E-state index in [0.29, 0.717) is 0 Å². The zero-order valence-corrected chi connectivity index (χ0v) is 14.3. The highest BCUT2D eigenvalue weighted by atomic mass is 16.2. The van der Waals surface area contributed by atoms with Gasteiger partial charge in [0.15, 0.2) is 0 Å². The summed E-state index contributed by atoms with van der Waals surface area (Å²) in [5.41, 5.74) is 1.64. The molecule has 1 aliphatic rings. The highest BCUT2D eigenvalue weighted by Crippen LogP contribution is 2.29. The summed E-state index contributed by atoms with van der Waals surface area (Å²) < 4.78 is 0. The van der Waals surface area contributed by atoms with Crippen molar-refractivity contribution in [1.29, 1.82) is 0 Å². The van der Waals surface area contributed by atoms with E-state index in [0.717, 1.165) is 38.2 Å². The molecule has 2 N–H and O–H groups in total. The van der Waals surface area contributed by atoms with Crippen LogP contribution in [0.25, 0.3) is 0 Å². The molecule has 1 aliphatic heterocycles. The Hall–Kier alpha value is -2.34. The Kier molecular flexibility index (Phi) is 4.85. The topological polar surface area (TPSA) is 64.3 Å². The quantitative estimate of drug-likeness (QED) is 0.881. The fourth-order valence-electron chi connectivity index (χ4n) is 3.33. The van der Waals surface area contributed by atoms with Crippen LogP contribution in [0.2, 0.25) is 0 Å². The lowest BCUT2D eigenvalue weighted by Crippen LogP contribution is -2.57. The third-order valence-electron chi connectivity index (χ3n) is 4.64. The highest BCUT2D eigenvalue weighted by Gasteiger charge is 2.42. The van der Waals surface area contributed by atoms with Crippen molar-refractivity contribution in [1.82, 2.24) is 20.0 Å². The molecule has 6 heteroatoms. The molecule has 1 fully saturated rings. The van der Waals surface area contributed by atoms with E-state index in [1.807, 2.05) is 56.8 Å². The minimum absolute atomic E-state index is 0.148. The van der Waals surface area contributed by atoms with Crippen molar-refractivity contribution in [2.75, 3.05) is 32.5 Å². The number of carbonyl (C=O) groups excluding carboxylic acids is 1. The van der Waals surface area contributed by atoms with Crippen LogP contribution in [0.15, 0.2) is 42.7 Å². The molecule has 3 rings (SSSR count). The summed E-state index contributed by atoms with van der Waals surface area (Å²) in [5.74, 6) is 0.148. The Morgan fingerprint density at radius 2 is 2.00 bits per heavy atom. The van der Waals surface area contributed by atoms with Crippen LogP contribution in [-0.2, 0) is 11.3 Å². The summed E-state index contributed by atoms with van der Waals surface area (Å²) >= 11 is 0. The van der Waals surface area contributed by atoms with Crippen LogP contribution in [0, 0.1) is 0 Å². The van der Waals surface area contributed by atoms with Crippen molar-refractivity contribution >= 4 is 11.6 Å². The Morgan fingerprint density at radius 3 is 2.58 bits per heavy atom. The SMILES string of the molecule is CN(C)C(=O)C1(Nc2ccccc2)CCN(Cc2cn[nH]c2)CC1. The lowest BCUT2D eigenvalue weighted by atomic mass is 9.85. The minimum Gasteiger partial charge on any atom is -0.371 e. The van der Waals surface area contributed by atoms with Crippen LogP contribution < -0.4 is 5.32 Å². The monoisotopic (exact) mass is 327 g/mol. The van der Waals surface area contributed by atoms with Gasteiger partial charge in [0.2, 0.25) is 5.91 Å². The van der Waals surface area contributed by atoms with Gasteiger partial charge >= 0.3 is 0 Å². The van der Waals surface area contributed by atoms with E-state index in [2.05, 4.69) is 20.4 Å². The van der Waals surface area contributed by atoms with Gasteiger partial charge in [0.1, 0.15) is 5.54 Å². The van der Waals surface area contributed by atoms with E-state index in [1.54, 1.807) is 4.90 Å². The first-order chi connectivity index (χ1) is 11.6. The number of hydrogen-bond acceptors (Lipinski definition) is 4.